The minimum atomic E-state index is -4.35. The number of halogens is 3. The van der Waals surface area contributed by atoms with E-state index in [0.717, 1.165) is 51.8 Å². The third-order valence-corrected chi connectivity index (χ3v) is 6.23. The van der Waals surface area contributed by atoms with Gasteiger partial charge in [0, 0.05) is 27.9 Å². The van der Waals surface area contributed by atoms with Crippen molar-refractivity contribution in [1.82, 2.24) is 4.90 Å². The van der Waals surface area contributed by atoms with Crippen molar-refractivity contribution in [3.63, 3.8) is 0 Å². The van der Waals surface area contributed by atoms with Crippen molar-refractivity contribution in [3.8, 4) is 0 Å². The van der Waals surface area contributed by atoms with Gasteiger partial charge in [-0.3, -0.25) is 0 Å². The van der Waals surface area contributed by atoms with Crippen LogP contribution in [0.1, 0.15) is 17.5 Å². The Morgan fingerprint density at radius 2 is 1.77 bits per heavy atom. The fraction of sp³-hybridized carbons (Fsp3) is 0.250. The first-order valence-electron chi connectivity index (χ1n) is 9.83. The summed E-state index contributed by atoms with van der Waals surface area (Å²) in [6, 6.07) is 18.0. The van der Waals surface area contributed by atoms with Gasteiger partial charge < -0.3 is 9.80 Å². The number of fused-ring (bicyclic) bond motifs is 3. The fourth-order valence-corrected chi connectivity index (χ4v) is 4.80. The molecule has 1 heterocycles. The van der Waals surface area contributed by atoms with Gasteiger partial charge >= 0.3 is 6.18 Å². The molecule has 0 N–H and O–H groups in total. The molecule has 0 fully saturated rings. The second kappa shape index (κ2) is 8.36. The summed E-state index contributed by atoms with van der Waals surface area (Å²) in [5.74, 6) is 0. The van der Waals surface area contributed by atoms with E-state index in [1.165, 1.54) is 23.9 Å². The average Bonchev–Trinajstić information content (AvgIpc) is 2.72. The van der Waals surface area contributed by atoms with Gasteiger partial charge in [-0.2, -0.15) is 13.2 Å². The highest BCUT2D eigenvalue weighted by molar-refractivity contribution is 8.08. The van der Waals surface area contributed by atoms with Crippen LogP contribution in [-0.2, 0) is 6.18 Å². The molecule has 0 spiro atoms. The second-order valence-electron chi connectivity index (χ2n) is 7.66. The van der Waals surface area contributed by atoms with E-state index in [4.69, 9.17) is 0 Å². The summed E-state index contributed by atoms with van der Waals surface area (Å²) in [6.07, 6.45) is -1.40. The lowest BCUT2D eigenvalue weighted by molar-refractivity contribution is -0.137. The Balaban J connectivity index is 1.76. The van der Waals surface area contributed by atoms with E-state index in [1.807, 2.05) is 32.4 Å². The van der Waals surface area contributed by atoms with Crippen LogP contribution in [-0.4, -0.2) is 32.1 Å². The molecule has 3 aromatic carbocycles. The van der Waals surface area contributed by atoms with E-state index in [-0.39, 0.29) is 0 Å². The number of anilines is 1. The largest absolute Gasteiger partial charge is 0.416 e. The van der Waals surface area contributed by atoms with Gasteiger partial charge in [0.05, 0.1) is 11.3 Å². The van der Waals surface area contributed by atoms with Crippen molar-refractivity contribution in [3.05, 3.63) is 78.0 Å². The Kier molecular flexibility index (Phi) is 5.80. The number of hydrogen-bond acceptors (Lipinski definition) is 3. The molecule has 0 radical (unpaired) electrons. The molecule has 0 aliphatic carbocycles. The number of benzene rings is 3. The summed E-state index contributed by atoms with van der Waals surface area (Å²) in [7, 11) is 4.08. The molecule has 4 rings (SSSR count). The summed E-state index contributed by atoms with van der Waals surface area (Å²) in [5, 5.41) is 2.32. The van der Waals surface area contributed by atoms with Crippen molar-refractivity contribution < 1.29 is 13.2 Å². The predicted molar refractivity (Wildman–Crippen MR) is 120 cm³/mol. The highest BCUT2D eigenvalue weighted by Crippen LogP contribution is 2.48. The summed E-state index contributed by atoms with van der Waals surface area (Å²) < 4.78 is 39.7. The zero-order valence-electron chi connectivity index (χ0n) is 16.9. The topological polar surface area (TPSA) is 6.48 Å². The molecule has 30 heavy (non-hydrogen) atoms. The van der Waals surface area contributed by atoms with E-state index in [2.05, 4.69) is 34.1 Å². The van der Waals surface area contributed by atoms with Gasteiger partial charge in [-0.05, 0) is 56.2 Å². The van der Waals surface area contributed by atoms with Crippen molar-refractivity contribution in [2.24, 2.45) is 0 Å². The van der Waals surface area contributed by atoms with Crippen LogP contribution in [0.15, 0.2) is 71.8 Å². The van der Waals surface area contributed by atoms with E-state index in [9.17, 15) is 13.2 Å². The lowest BCUT2D eigenvalue weighted by Gasteiger charge is -2.31. The minimum absolute atomic E-state index is 0.589. The first-order valence-corrected chi connectivity index (χ1v) is 10.6. The van der Waals surface area contributed by atoms with Crippen LogP contribution in [0.25, 0.3) is 15.7 Å². The molecule has 0 saturated heterocycles. The average molecular weight is 429 g/mol. The Hall–Kier alpha value is -2.44. The van der Waals surface area contributed by atoms with Gasteiger partial charge in [0.25, 0.3) is 0 Å². The van der Waals surface area contributed by atoms with Crippen LogP contribution >= 0.6 is 11.8 Å². The molecule has 0 saturated carbocycles. The third-order valence-electron chi connectivity index (χ3n) is 5.12. The number of hydrogen-bond donors (Lipinski definition) is 0. The predicted octanol–water partition coefficient (Wildman–Crippen LogP) is 6.72. The summed E-state index contributed by atoms with van der Waals surface area (Å²) in [5.41, 5.74) is 1.10. The highest BCUT2D eigenvalue weighted by atomic mass is 32.2. The van der Waals surface area contributed by atoms with Crippen molar-refractivity contribution >= 4 is 33.1 Å². The van der Waals surface area contributed by atoms with Crippen LogP contribution < -0.4 is 4.90 Å². The fourth-order valence-electron chi connectivity index (χ4n) is 3.68. The van der Waals surface area contributed by atoms with Gasteiger partial charge in [-0.15, -0.1) is 0 Å². The van der Waals surface area contributed by atoms with Crippen LogP contribution in [0.2, 0.25) is 0 Å². The summed E-state index contributed by atoms with van der Waals surface area (Å²) in [6.45, 7) is 1.73. The molecule has 0 amide bonds. The van der Waals surface area contributed by atoms with Crippen LogP contribution in [0.4, 0.5) is 18.9 Å². The maximum atomic E-state index is 13.2. The van der Waals surface area contributed by atoms with Gasteiger partial charge in [0.1, 0.15) is 0 Å². The number of alkyl halides is 3. The molecule has 1 aliphatic rings. The number of rotatable bonds is 5. The Morgan fingerprint density at radius 1 is 0.967 bits per heavy atom. The van der Waals surface area contributed by atoms with Gasteiger partial charge in [0.2, 0.25) is 0 Å². The molecular formula is C24H23F3N2S. The van der Waals surface area contributed by atoms with Gasteiger partial charge in [0.15, 0.2) is 0 Å². The Morgan fingerprint density at radius 3 is 2.53 bits per heavy atom. The molecule has 0 aromatic heterocycles. The second-order valence-corrected chi connectivity index (χ2v) is 8.74. The molecule has 2 nitrogen and oxygen atoms in total. The molecule has 0 bridgehead atoms. The van der Waals surface area contributed by atoms with Crippen molar-refractivity contribution in [2.75, 3.05) is 32.1 Å². The maximum Gasteiger partial charge on any atom is 0.416 e. The molecule has 1 aliphatic heterocycles. The van der Waals surface area contributed by atoms with Crippen LogP contribution in [0.3, 0.4) is 0 Å². The monoisotopic (exact) mass is 428 g/mol. The van der Waals surface area contributed by atoms with Crippen molar-refractivity contribution in [1.29, 1.82) is 0 Å². The molecule has 3 aromatic rings. The normalized spacial score (nSPS) is 14.2. The highest BCUT2D eigenvalue weighted by Gasteiger charge is 2.31. The third kappa shape index (κ3) is 4.35. The molecular weight excluding hydrogens is 405 g/mol. The minimum Gasteiger partial charge on any atom is -0.345 e. The van der Waals surface area contributed by atoms with Gasteiger partial charge in [-0.25, -0.2) is 0 Å². The number of thioether (sulfide) groups is 1. The van der Waals surface area contributed by atoms with E-state index >= 15 is 0 Å². The van der Waals surface area contributed by atoms with Crippen LogP contribution in [0.5, 0.6) is 0 Å². The van der Waals surface area contributed by atoms with E-state index in [0.29, 0.717) is 5.56 Å². The standard InChI is InChI=1S/C24H23F3N2S/c1-28(2)13-6-14-29-16-22(18-8-5-9-19(15-18)24(25,26)27)30-21-12-11-17-7-3-4-10-20(17)23(21)29/h3-5,7-12,15-16H,6,13-14H2,1-2H3. The first kappa shape index (κ1) is 20.8. The lowest BCUT2D eigenvalue weighted by atomic mass is 10.1. The van der Waals surface area contributed by atoms with Crippen LogP contribution in [0, 0.1) is 0 Å². The summed E-state index contributed by atoms with van der Waals surface area (Å²) >= 11 is 1.53. The van der Waals surface area contributed by atoms with E-state index in [1.54, 1.807) is 6.07 Å². The molecule has 156 valence electrons. The lowest BCUT2D eigenvalue weighted by Crippen LogP contribution is -2.24. The molecule has 0 unspecified atom stereocenters. The zero-order chi connectivity index (χ0) is 21.3. The van der Waals surface area contributed by atoms with E-state index < -0.39 is 11.7 Å². The maximum absolute atomic E-state index is 13.2. The SMILES string of the molecule is CN(C)CCCN1C=C(c2cccc(C(F)(F)F)c2)Sc2ccc3ccccc3c21. The quantitative estimate of drug-likeness (QED) is 0.445. The summed E-state index contributed by atoms with van der Waals surface area (Å²) in [4.78, 5) is 6.23. The zero-order valence-corrected chi connectivity index (χ0v) is 17.7. The first-order chi connectivity index (χ1) is 14.3. The Labute approximate surface area is 179 Å². The molecule has 6 heteroatoms. The van der Waals surface area contributed by atoms with Gasteiger partial charge in [-0.1, -0.05) is 54.2 Å². The Bertz CT molecular complexity index is 1090. The number of nitrogens with zero attached hydrogens (tertiary/aromatic N) is 2. The smallest absolute Gasteiger partial charge is 0.345 e. The van der Waals surface area contributed by atoms with Crippen molar-refractivity contribution in [2.45, 2.75) is 17.5 Å². The molecule has 0 atom stereocenters.